The van der Waals surface area contributed by atoms with E-state index in [9.17, 15) is 24.6 Å². The summed E-state index contributed by atoms with van der Waals surface area (Å²) >= 11 is 2.56. The van der Waals surface area contributed by atoms with E-state index in [-0.39, 0.29) is 29.3 Å². The molecule has 3 atom stereocenters. The Morgan fingerprint density at radius 1 is 1.32 bits per heavy atom. The highest BCUT2D eigenvalue weighted by Crippen LogP contribution is 2.54. The first-order chi connectivity index (χ1) is 13.4. The van der Waals surface area contributed by atoms with Crippen molar-refractivity contribution in [1.82, 2.24) is 10.2 Å². The summed E-state index contributed by atoms with van der Waals surface area (Å²) in [5, 5.41) is 22.0. The molecule has 2 aliphatic heterocycles. The molecule has 0 radical (unpaired) electrons. The number of thioether (sulfide) groups is 2. The summed E-state index contributed by atoms with van der Waals surface area (Å²) < 4.78 is 0.521. The highest BCUT2D eigenvalue weighted by Gasteiger charge is 2.58. The number of hydrogen-bond donors (Lipinski definition) is 3. The molecule has 2 heterocycles. The smallest absolute Gasteiger partial charge is 0.354 e. The predicted octanol–water partition coefficient (Wildman–Crippen LogP) is 1.98. The number of nitrogens with one attached hydrogen (secondary N) is 1. The average molecular weight is 423 g/mol. The first-order valence-corrected chi connectivity index (χ1v) is 10.9. The second kappa shape index (κ2) is 9.02. The van der Waals surface area contributed by atoms with Gasteiger partial charge in [-0.25, -0.2) is 4.79 Å². The van der Waals surface area contributed by atoms with Gasteiger partial charge in [0.2, 0.25) is 11.8 Å². The third-order valence-corrected chi connectivity index (χ3v) is 7.34. The third-order valence-electron chi connectivity index (χ3n) is 4.68. The van der Waals surface area contributed by atoms with Gasteiger partial charge in [-0.2, -0.15) is 0 Å². The Balaban J connectivity index is 1.53. The molecule has 1 saturated heterocycles. The minimum atomic E-state index is -1.16. The lowest BCUT2D eigenvalue weighted by Gasteiger charge is -2.44. The largest absolute Gasteiger partial charge is 0.477 e. The van der Waals surface area contributed by atoms with Crippen molar-refractivity contribution in [2.24, 2.45) is 5.92 Å². The molecule has 150 valence electrons. The zero-order valence-electron chi connectivity index (χ0n) is 15.3. The number of carboxylic acids is 1. The minimum Gasteiger partial charge on any atom is -0.477 e. The number of nitrogens with zero attached hydrogens (tertiary/aromatic N) is 1. The number of carboxylic acid groups (broad SMARTS) is 1. The van der Waals surface area contributed by atoms with Crippen molar-refractivity contribution in [3.05, 3.63) is 45.8 Å². The molecular formula is C19H22N2O5S2. The number of aliphatic carboxylic acids is 1. The molecule has 0 aromatic heterocycles. The summed E-state index contributed by atoms with van der Waals surface area (Å²) in [4.78, 5) is 37.2. The van der Waals surface area contributed by atoms with Crippen LogP contribution in [-0.2, 0) is 20.9 Å². The number of benzene rings is 1. The minimum absolute atomic E-state index is 0.0331. The summed E-state index contributed by atoms with van der Waals surface area (Å²) in [6, 6.07) is 9.57. The molecule has 3 rings (SSSR count). The quantitative estimate of drug-likeness (QED) is 0.523. The maximum absolute atomic E-state index is 12.3. The molecule has 0 aliphatic carbocycles. The van der Waals surface area contributed by atoms with E-state index in [1.165, 1.54) is 28.4 Å². The van der Waals surface area contributed by atoms with Crippen molar-refractivity contribution in [2.75, 3.05) is 5.75 Å². The van der Waals surface area contributed by atoms with Crippen LogP contribution < -0.4 is 5.32 Å². The Bertz CT molecular complexity index is 799. The van der Waals surface area contributed by atoms with Crippen LogP contribution in [0.25, 0.3) is 0 Å². The fourth-order valence-electron chi connectivity index (χ4n) is 3.14. The molecule has 0 bridgehead atoms. The van der Waals surface area contributed by atoms with Crippen LogP contribution in [-0.4, -0.2) is 50.1 Å². The number of amides is 2. The zero-order chi connectivity index (χ0) is 20.3. The van der Waals surface area contributed by atoms with Gasteiger partial charge in [-0.15, -0.1) is 11.8 Å². The molecule has 0 spiro atoms. The van der Waals surface area contributed by atoms with Gasteiger partial charge in [-0.05, 0) is 12.0 Å². The Morgan fingerprint density at radius 3 is 2.68 bits per heavy atom. The first kappa shape index (κ1) is 20.8. The lowest BCUT2D eigenvalue weighted by atomic mass is 9.90. The van der Waals surface area contributed by atoms with Crippen molar-refractivity contribution in [3.63, 3.8) is 0 Å². The fourth-order valence-corrected chi connectivity index (χ4v) is 6.03. The molecule has 3 unspecified atom stereocenters. The summed E-state index contributed by atoms with van der Waals surface area (Å²) in [7, 11) is 0. The zero-order valence-corrected chi connectivity index (χ0v) is 17.0. The molecule has 7 nitrogen and oxygen atoms in total. The van der Waals surface area contributed by atoms with Crippen molar-refractivity contribution in [2.45, 2.75) is 37.8 Å². The summed E-state index contributed by atoms with van der Waals surface area (Å²) in [5.74, 6) is -1.79. The molecule has 1 fully saturated rings. The number of aliphatic hydroxyl groups excluding tert-OH is 1. The molecule has 1 aromatic rings. The molecule has 3 N–H and O–H groups in total. The van der Waals surface area contributed by atoms with Gasteiger partial charge < -0.3 is 15.5 Å². The number of aliphatic hydroxyl groups is 1. The van der Waals surface area contributed by atoms with Gasteiger partial charge in [0, 0.05) is 18.7 Å². The van der Waals surface area contributed by atoms with E-state index in [1.54, 1.807) is 6.92 Å². The lowest BCUT2D eigenvalue weighted by molar-refractivity contribution is -0.157. The van der Waals surface area contributed by atoms with E-state index < -0.39 is 18.0 Å². The second-order valence-corrected chi connectivity index (χ2v) is 9.01. The average Bonchev–Trinajstić information content (AvgIpc) is 3.01. The molecule has 0 saturated carbocycles. The number of hydrogen-bond acceptors (Lipinski definition) is 6. The molecule has 9 heteroatoms. The Kier molecular flexibility index (Phi) is 6.69. The van der Waals surface area contributed by atoms with Gasteiger partial charge in [-0.3, -0.25) is 14.5 Å². The van der Waals surface area contributed by atoms with Gasteiger partial charge in [0.1, 0.15) is 5.37 Å². The van der Waals surface area contributed by atoms with Gasteiger partial charge in [0.25, 0.3) is 0 Å². The van der Waals surface area contributed by atoms with Crippen molar-refractivity contribution in [3.8, 4) is 0 Å². The topological polar surface area (TPSA) is 107 Å². The van der Waals surface area contributed by atoms with E-state index in [0.29, 0.717) is 23.0 Å². The van der Waals surface area contributed by atoms with E-state index in [0.717, 1.165) is 5.56 Å². The number of carbonyl (C=O) groups is 3. The highest BCUT2D eigenvalue weighted by molar-refractivity contribution is 8.22. The van der Waals surface area contributed by atoms with Crippen LogP contribution in [0.1, 0.15) is 25.3 Å². The van der Waals surface area contributed by atoms with E-state index in [1.807, 2.05) is 30.3 Å². The lowest BCUT2D eigenvalue weighted by Crippen LogP contribution is -2.61. The van der Waals surface area contributed by atoms with Crippen LogP contribution in [0, 0.1) is 5.92 Å². The monoisotopic (exact) mass is 422 g/mol. The summed E-state index contributed by atoms with van der Waals surface area (Å²) in [6.45, 7) is 2.23. The van der Waals surface area contributed by atoms with Crippen LogP contribution >= 0.6 is 23.5 Å². The number of fused-ring (bicyclic) bond motifs is 1. The standard InChI is InChI=1S/C19H22N2O5S2/c1-2-12(22)14-16(24)21-15(18(25)26)19(28-17(14)21)27-9-8-13(23)20-10-11-6-4-3-5-7-11/h3-7,12,14,17,22H,2,8-10H2,1H3,(H,20,23)(H,25,26). The molecule has 2 amide bonds. The van der Waals surface area contributed by atoms with E-state index in [2.05, 4.69) is 5.32 Å². The molecule has 28 heavy (non-hydrogen) atoms. The van der Waals surface area contributed by atoms with E-state index >= 15 is 0 Å². The third kappa shape index (κ3) is 4.21. The Hall–Kier alpha value is -1.97. The predicted molar refractivity (Wildman–Crippen MR) is 108 cm³/mol. The normalized spacial score (nSPS) is 21.9. The van der Waals surface area contributed by atoms with Gasteiger partial charge in [-0.1, -0.05) is 49.0 Å². The fraction of sp³-hybridized carbons (Fsp3) is 0.421. The van der Waals surface area contributed by atoms with Crippen LogP contribution in [0.5, 0.6) is 0 Å². The van der Waals surface area contributed by atoms with Crippen LogP contribution in [0.3, 0.4) is 0 Å². The highest BCUT2D eigenvalue weighted by atomic mass is 32.2. The van der Waals surface area contributed by atoms with Crippen LogP contribution in [0.15, 0.2) is 40.3 Å². The first-order valence-electron chi connectivity index (χ1n) is 9.02. The summed E-state index contributed by atoms with van der Waals surface area (Å²) in [6.07, 6.45) is -0.0913. The van der Waals surface area contributed by atoms with Crippen molar-refractivity contribution >= 4 is 41.3 Å². The SMILES string of the molecule is CCC(O)C1C(=O)N2C(C(=O)O)=C(SCCC(=O)NCc3ccccc3)SC12. The Labute approximate surface area is 171 Å². The van der Waals surface area contributed by atoms with Gasteiger partial charge >= 0.3 is 5.97 Å². The molecule has 1 aromatic carbocycles. The van der Waals surface area contributed by atoms with Crippen molar-refractivity contribution < 1.29 is 24.6 Å². The maximum Gasteiger partial charge on any atom is 0.354 e. The molecule has 2 aliphatic rings. The van der Waals surface area contributed by atoms with Gasteiger partial charge in [0.05, 0.1) is 16.3 Å². The Morgan fingerprint density at radius 2 is 2.04 bits per heavy atom. The van der Waals surface area contributed by atoms with E-state index in [4.69, 9.17) is 0 Å². The number of rotatable bonds is 9. The summed E-state index contributed by atoms with van der Waals surface area (Å²) in [5.41, 5.74) is 0.975. The second-order valence-electron chi connectivity index (χ2n) is 6.52. The number of carbonyl (C=O) groups excluding carboxylic acids is 2. The molecular weight excluding hydrogens is 400 g/mol. The van der Waals surface area contributed by atoms with Crippen LogP contribution in [0.2, 0.25) is 0 Å². The maximum atomic E-state index is 12.3. The number of β-lactam (4-membered cyclic amide) rings is 1. The van der Waals surface area contributed by atoms with Crippen molar-refractivity contribution in [1.29, 1.82) is 0 Å². The van der Waals surface area contributed by atoms with Crippen LogP contribution in [0.4, 0.5) is 0 Å². The van der Waals surface area contributed by atoms with Gasteiger partial charge in [0.15, 0.2) is 5.70 Å².